The highest BCUT2D eigenvalue weighted by Gasteiger charge is 2.06. The Bertz CT molecular complexity index is 740. The van der Waals surface area contributed by atoms with E-state index >= 15 is 0 Å². The Morgan fingerprint density at radius 1 is 1.17 bits per heavy atom. The van der Waals surface area contributed by atoms with Gasteiger partial charge in [-0.05, 0) is 43.2 Å². The summed E-state index contributed by atoms with van der Waals surface area (Å²) < 4.78 is 10.8. The first-order chi connectivity index (χ1) is 14.1. The summed E-state index contributed by atoms with van der Waals surface area (Å²) >= 11 is 0. The summed E-state index contributed by atoms with van der Waals surface area (Å²) in [4.78, 5) is 16.4. The molecule has 0 unspecified atom stereocenters. The van der Waals surface area contributed by atoms with E-state index in [0.29, 0.717) is 19.8 Å². The Morgan fingerprint density at radius 3 is 2.62 bits per heavy atom. The summed E-state index contributed by atoms with van der Waals surface area (Å²) in [6, 6.07) is 11.5. The fourth-order valence-corrected chi connectivity index (χ4v) is 2.44. The van der Waals surface area contributed by atoms with Crippen molar-refractivity contribution >= 4 is 17.6 Å². The molecule has 1 aromatic carbocycles. The van der Waals surface area contributed by atoms with Crippen molar-refractivity contribution < 1.29 is 13.9 Å². The maximum absolute atomic E-state index is 11.7. The van der Waals surface area contributed by atoms with Gasteiger partial charge in [0.25, 0.3) is 0 Å². The molecule has 1 amide bonds. The van der Waals surface area contributed by atoms with E-state index in [9.17, 15) is 4.79 Å². The van der Waals surface area contributed by atoms with E-state index in [2.05, 4.69) is 20.9 Å². The SMILES string of the molecule is CCNC(=NCc1ccc(NC(=O)C(C)C)cc1)NCCCOCc1ccco1. The van der Waals surface area contributed by atoms with Crippen molar-refractivity contribution in [3.63, 3.8) is 0 Å². The second kappa shape index (κ2) is 12.6. The van der Waals surface area contributed by atoms with E-state index < -0.39 is 0 Å². The zero-order valence-corrected chi connectivity index (χ0v) is 17.5. The van der Waals surface area contributed by atoms with E-state index in [-0.39, 0.29) is 11.8 Å². The summed E-state index contributed by atoms with van der Waals surface area (Å²) in [5.41, 5.74) is 1.88. The lowest BCUT2D eigenvalue weighted by Gasteiger charge is -2.11. The van der Waals surface area contributed by atoms with Crippen molar-refractivity contribution in [3.05, 3.63) is 54.0 Å². The van der Waals surface area contributed by atoms with Crippen LogP contribution in [-0.4, -0.2) is 31.6 Å². The van der Waals surface area contributed by atoms with Crippen LogP contribution in [0.5, 0.6) is 0 Å². The average Bonchev–Trinajstić information content (AvgIpc) is 3.23. The molecule has 1 heterocycles. The number of rotatable bonds is 11. The molecule has 0 saturated heterocycles. The van der Waals surface area contributed by atoms with E-state index in [1.54, 1.807) is 6.26 Å². The van der Waals surface area contributed by atoms with Gasteiger partial charge in [0.1, 0.15) is 12.4 Å². The number of ether oxygens (including phenoxy) is 1. The molecule has 2 aromatic rings. The standard InChI is InChI=1S/C22H32N4O3/c1-4-23-22(24-12-6-13-28-16-20-7-5-14-29-20)25-15-18-8-10-19(11-9-18)26-21(27)17(2)3/h5,7-11,14,17H,4,6,12-13,15-16H2,1-3H3,(H,26,27)(H2,23,24,25). The Kier molecular flexibility index (Phi) is 9.78. The molecule has 0 aliphatic carbocycles. The normalized spacial score (nSPS) is 11.5. The van der Waals surface area contributed by atoms with Crippen LogP contribution >= 0.6 is 0 Å². The lowest BCUT2D eigenvalue weighted by Crippen LogP contribution is -2.38. The van der Waals surface area contributed by atoms with Crippen molar-refractivity contribution in [1.29, 1.82) is 0 Å². The highest BCUT2D eigenvalue weighted by Crippen LogP contribution is 2.11. The van der Waals surface area contributed by atoms with Crippen LogP contribution in [0.3, 0.4) is 0 Å². The number of nitrogens with zero attached hydrogens (tertiary/aromatic N) is 1. The van der Waals surface area contributed by atoms with Gasteiger partial charge in [-0.1, -0.05) is 26.0 Å². The van der Waals surface area contributed by atoms with Crippen LogP contribution in [0, 0.1) is 5.92 Å². The Labute approximate surface area is 172 Å². The summed E-state index contributed by atoms with van der Waals surface area (Å²) in [6.07, 6.45) is 2.52. The van der Waals surface area contributed by atoms with Crippen LogP contribution in [0.2, 0.25) is 0 Å². The third-order valence-electron chi connectivity index (χ3n) is 4.09. The minimum Gasteiger partial charge on any atom is -0.467 e. The maximum Gasteiger partial charge on any atom is 0.226 e. The summed E-state index contributed by atoms with van der Waals surface area (Å²) in [5, 5.41) is 9.45. The van der Waals surface area contributed by atoms with Gasteiger partial charge in [0, 0.05) is 31.3 Å². The number of hydrogen-bond donors (Lipinski definition) is 3. The van der Waals surface area contributed by atoms with Crippen LogP contribution < -0.4 is 16.0 Å². The molecule has 0 bridgehead atoms. The van der Waals surface area contributed by atoms with Crippen molar-refractivity contribution in [3.8, 4) is 0 Å². The molecule has 7 heteroatoms. The molecule has 0 aliphatic heterocycles. The van der Waals surface area contributed by atoms with Crippen LogP contribution in [-0.2, 0) is 22.7 Å². The molecule has 7 nitrogen and oxygen atoms in total. The Hall–Kier alpha value is -2.80. The van der Waals surface area contributed by atoms with Crippen LogP contribution in [0.4, 0.5) is 5.69 Å². The summed E-state index contributed by atoms with van der Waals surface area (Å²) in [7, 11) is 0. The van der Waals surface area contributed by atoms with Crippen LogP contribution in [0.15, 0.2) is 52.1 Å². The van der Waals surface area contributed by atoms with Crippen molar-refractivity contribution in [1.82, 2.24) is 10.6 Å². The predicted molar refractivity (Wildman–Crippen MR) is 116 cm³/mol. The number of anilines is 1. The second-order valence-corrected chi connectivity index (χ2v) is 6.95. The van der Waals surface area contributed by atoms with Gasteiger partial charge in [0.2, 0.25) is 5.91 Å². The van der Waals surface area contributed by atoms with Gasteiger partial charge < -0.3 is 25.1 Å². The van der Waals surface area contributed by atoms with Gasteiger partial charge in [-0.3, -0.25) is 4.79 Å². The monoisotopic (exact) mass is 400 g/mol. The van der Waals surface area contributed by atoms with E-state index in [4.69, 9.17) is 9.15 Å². The van der Waals surface area contributed by atoms with Gasteiger partial charge in [-0.15, -0.1) is 0 Å². The highest BCUT2D eigenvalue weighted by atomic mass is 16.5. The van der Waals surface area contributed by atoms with E-state index in [0.717, 1.165) is 42.5 Å². The molecular formula is C22H32N4O3. The Balaban J connectivity index is 1.72. The largest absolute Gasteiger partial charge is 0.467 e. The van der Waals surface area contributed by atoms with Crippen LogP contribution in [0.25, 0.3) is 0 Å². The molecule has 1 aromatic heterocycles. The third kappa shape index (κ3) is 8.83. The minimum absolute atomic E-state index is 0.0162. The molecule has 0 saturated carbocycles. The molecule has 0 aliphatic rings. The van der Waals surface area contributed by atoms with Gasteiger partial charge in [-0.25, -0.2) is 4.99 Å². The molecule has 0 atom stereocenters. The number of furan rings is 1. The number of aliphatic imine (C=N–C) groups is 1. The number of carbonyl (C=O) groups excluding carboxylic acids is 1. The second-order valence-electron chi connectivity index (χ2n) is 6.95. The number of hydrogen-bond acceptors (Lipinski definition) is 4. The van der Waals surface area contributed by atoms with Gasteiger partial charge >= 0.3 is 0 Å². The first kappa shape index (κ1) is 22.5. The number of nitrogens with one attached hydrogen (secondary N) is 3. The maximum atomic E-state index is 11.7. The minimum atomic E-state index is -0.0384. The van der Waals surface area contributed by atoms with Crippen molar-refractivity contribution in [2.24, 2.45) is 10.9 Å². The lowest BCUT2D eigenvalue weighted by molar-refractivity contribution is -0.118. The fraction of sp³-hybridized carbons (Fsp3) is 0.455. The van der Waals surface area contributed by atoms with Crippen LogP contribution in [0.1, 0.15) is 38.5 Å². The highest BCUT2D eigenvalue weighted by molar-refractivity contribution is 5.92. The van der Waals surface area contributed by atoms with Gasteiger partial charge in [-0.2, -0.15) is 0 Å². The first-order valence-corrected chi connectivity index (χ1v) is 10.1. The van der Waals surface area contributed by atoms with Crippen molar-refractivity contribution in [2.45, 2.75) is 40.3 Å². The van der Waals surface area contributed by atoms with E-state index in [1.807, 2.05) is 57.2 Å². The number of amides is 1. The Morgan fingerprint density at radius 2 is 1.97 bits per heavy atom. The number of carbonyl (C=O) groups is 1. The predicted octanol–water partition coefficient (Wildman–Crippen LogP) is 3.54. The molecule has 29 heavy (non-hydrogen) atoms. The van der Waals surface area contributed by atoms with E-state index in [1.165, 1.54) is 0 Å². The summed E-state index contributed by atoms with van der Waals surface area (Å²) in [6.45, 7) is 9.05. The zero-order chi connectivity index (χ0) is 20.9. The molecule has 0 fully saturated rings. The lowest BCUT2D eigenvalue weighted by atomic mass is 10.2. The summed E-state index contributed by atoms with van der Waals surface area (Å²) in [5.74, 6) is 1.59. The number of guanidine groups is 1. The first-order valence-electron chi connectivity index (χ1n) is 10.1. The van der Waals surface area contributed by atoms with Crippen molar-refractivity contribution in [2.75, 3.05) is 25.0 Å². The van der Waals surface area contributed by atoms with Gasteiger partial charge in [0.05, 0.1) is 12.8 Å². The third-order valence-corrected chi connectivity index (χ3v) is 4.09. The topological polar surface area (TPSA) is 87.9 Å². The quantitative estimate of drug-likeness (QED) is 0.305. The smallest absolute Gasteiger partial charge is 0.226 e. The molecule has 0 radical (unpaired) electrons. The molecule has 158 valence electrons. The fourth-order valence-electron chi connectivity index (χ4n) is 2.44. The molecular weight excluding hydrogens is 368 g/mol. The zero-order valence-electron chi connectivity index (χ0n) is 17.5. The average molecular weight is 401 g/mol. The molecule has 0 spiro atoms. The van der Waals surface area contributed by atoms with Gasteiger partial charge in [0.15, 0.2) is 5.96 Å². The molecule has 2 rings (SSSR count). The molecule has 3 N–H and O–H groups in total. The number of benzene rings is 1.